The minimum absolute atomic E-state index is 0.0568. The summed E-state index contributed by atoms with van der Waals surface area (Å²) in [5.41, 5.74) is 5.19. The number of nitrogens with one attached hydrogen (secondary N) is 1. The second-order valence-electron chi connectivity index (χ2n) is 7.54. The molecule has 2 aromatic carbocycles. The van der Waals surface area contributed by atoms with Gasteiger partial charge in [-0.1, -0.05) is 47.1 Å². The first kappa shape index (κ1) is 19.8. The normalized spacial score (nSPS) is 12.7. The van der Waals surface area contributed by atoms with Crippen LogP contribution in [0.2, 0.25) is 0 Å². The fraction of sp³-hybridized carbons (Fsp3) is 0.304. The molecule has 1 aliphatic heterocycles. The average molecular weight is 404 g/mol. The van der Waals surface area contributed by atoms with Crippen LogP contribution in [-0.4, -0.2) is 28.5 Å². The number of nitrogens with zero attached hydrogens (tertiary/aromatic N) is 3. The molecule has 0 atom stereocenters. The summed E-state index contributed by atoms with van der Waals surface area (Å²) in [4.78, 5) is 30.0. The van der Waals surface area contributed by atoms with Crippen LogP contribution in [0.5, 0.6) is 0 Å². The molecule has 0 saturated heterocycles. The third-order valence-electron chi connectivity index (χ3n) is 5.25. The molecule has 0 fully saturated rings. The van der Waals surface area contributed by atoms with Crippen molar-refractivity contribution in [1.82, 2.24) is 15.5 Å². The van der Waals surface area contributed by atoms with E-state index in [-0.39, 0.29) is 18.2 Å². The Bertz CT molecular complexity index is 1070. The van der Waals surface area contributed by atoms with Crippen LogP contribution in [-0.2, 0) is 29.0 Å². The Morgan fingerprint density at radius 3 is 2.73 bits per heavy atom. The summed E-state index contributed by atoms with van der Waals surface area (Å²) in [5, 5.41) is 6.92. The van der Waals surface area contributed by atoms with Crippen LogP contribution in [0.4, 0.5) is 5.69 Å². The number of aryl methyl sites for hydroxylation is 2. The molecule has 0 radical (unpaired) electrons. The first-order valence-electron chi connectivity index (χ1n) is 10.1. The van der Waals surface area contributed by atoms with Gasteiger partial charge in [-0.15, -0.1) is 0 Å². The molecule has 7 heteroatoms. The Morgan fingerprint density at radius 1 is 1.17 bits per heavy atom. The van der Waals surface area contributed by atoms with Crippen LogP contribution < -0.4 is 10.2 Å². The highest BCUT2D eigenvalue weighted by atomic mass is 16.5. The number of fused-ring (bicyclic) bond motifs is 1. The monoisotopic (exact) mass is 404 g/mol. The fourth-order valence-corrected chi connectivity index (χ4v) is 3.58. The molecule has 2 heterocycles. The van der Waals surface area contributed by atoms with Crippen molar-refractivity contribution in [3.05, 3.63) is 65.0 Å². The number of rotatable bonds is 6. The summed E-state index contributed by atoms with van der Waals surface area (Å²) in [6, 6.07) is 13.9. The number of hydrogen-bond donors (Lipinski definition) is 1. The molecule has 0 saturated carbocycles. The van der Waals surface area contributed by atoms with Crippen LogP contribution >= 0.6 is 0 Å². The van der Waals surface area contributed by atoms with Gasteiger partial charge >= 0.3 is 0 Å². The van der Waals surface area contributed by atoms with E-state index >= 15 is 0 Å². The minimum atomic E-state index is -0.0732. The summed E-state index contributed by atoms with van der Waals surface area (Å²) in [6.07, 6.45) is 1.51. The highest BCUT2D eigenvalue weighted by molar-refractivity contribution is 5.93. The predicted molar refractivity (Wildman–Crippen MR) is 113 cm³/mol. The number of hydrogen-bond acceptors (Lipinski definition) is 5. The van der Waals surface area contributed by atoms with Gasteiger partial charge in [0.2, 0.25) is 23.5 Å². The van der Waals surface area contributed by atoms with Crippen LogP contribution in [0, 0.1) is 6.92 Å². The zero-order valence-electron chi connectivity index (χ0n) is 17.1. The molecule has 0 bridgehead atoms. The van der Waals surface area contributed by atoms with Crippen LogP contribution in [0.3, 0.4) is 0 Å². The molecule has 7 nitrogen and oxygen atoms in total. The van der Waals surface area contributed by atoms with Crippen molar-refractivity contribution in [2.24, 2.45) is 0 Å². The van der Waals surface area contributed by atoms with E-state index in [0.29, 0.717) is 24.7 Å². The molecule has 0 spiro atoms. The Balaban J connectivity index is 1.28. The zero-order chi connectivity index (χ0) is 21.1. The molecule has 30 heavy (non-hydrogen) atoms. The lowest BCUT2D eigenvalue weighted by Crippen LogP contribution is -2.25. The molecule has 154 valence electrons. The summed E-state index contributed by atoms with van der Waals surface area (Å²) in [7, 11) is 0. The third kappa shape index (κ3) is 4.40. The molecule has 0 unspecified atom stereocenters. The maximum absolute atomic E-state index is 12.2. The third-order valence-corrected chi connectivity index (χ3v) is 5.25. The second-order valence-corrected chi connectivity index (χ2v) is 7.54. The summed E-state index contributed by atoms with van der Waals surface area (Å²) >= 11 is 0. The van der Waals surface area contributed by atoms with E-state index in [2.05, 4.69) is 21.5 Å². The van der Waals surface area contributed by atoms with Crippen molar-refractivity contribution in [3.8, 4) is 11.4 Å². The van der Waals surface area contributed by atoms with Crippen LogP contribution in [0.25, 0.3) is 11.4 Å². The van der Waals surface area contributed by atoms with E-state index in [1.807, 2.05) is 43.3 Å². The molecule has 0 aliphatic carbocycles. The largest absolute Gasteiger partial charge is 0.352 e. The van der Waals surface area contributed by atoms with Gasteiger partial charge in [-0.3, -0.25) is 9.59 Å². The zero-order valence-corrected chi connectivity index (χ0v) is 17.1. The number of carbonyl (C=O) groups excluding carboxylic acids is 2. The Morgan fingerprint density at radius 2 is 1.97 bits per heavy atom. The van der Waals surface area contributed by atoms with Gasteiger partial charge in [-0.25, -0.2) is 0 Å². The lowest BCUT2D eigenvalue weighted by atomic mass is 10.1. The maximum atomic E-state index is 12.2. The van der Waals surface area contributed by atoms with Crippen molar-refractivity contribution in [2.45, 2.75) is 39.7 Å². The first-order valence-corrected chi connectivity index (χ1v) is 10.1. The smallest absolute Gasteiger partial charge is 0.227 e. The van der Waals surface area contributed by atoms with Gasteiger partial charge in [-0.2, -0.15) is 4.98 Å². The fourth-order valence-electron chi connectivity index (χ4n) is 3.58. The topological polar surface area (TPSA) is 88.3 Å². The van der Waals surface area contributed by atoms with Crippen molar-refractivity contribution >= 4 is 17.5 Å². The van der Waals surface area contributed by atoms with E-state index in [9.17, 15) is 9.59 Å². The molecule has 4 rings (SSSR count). The lowest BCUT2D eigenvalue weighted by molar-refractivity contribution is -0.121. The van der Waals surface area contributed by atoms with Crippen molar-refractivity contribution in [1.29, 1.82) is 0 Å². The lowest BCUT2D eigenvalue weighted by Gasteiger charge is -2.15. The Hall–Kier alpha value is -3.48. The SMILES string of the molecule is CC(=O)N1CCc2cc(CNC(=O)CCc3nc(-c4ccc(C)cc4)no3)ccc21. The second kappa shape index (κ2) is 8.49. The van der Waals surface area contributed by atoms with Gasteiger partial charge in [-0.05, 0) is 30.5 Å². The average Bonchev–Trinajstić information content (AvgIpc) is 3.38. The van der Waals surface area contributed by atoms with Crippen molar-refractivity contribution in [3.63, 3.8) is 0 Å². The number of benzene rings is 2. The summed E-state index contributed by atoms with van der Waals surface area (Å²) < 4.78 is 5.27. The Labute approximate surface area is 175 Å². The molecule has 1 aliphatic rings. The highest BCUT2D eigenvalue weighted by Crippen LogP contribution is 2.28. The summed E-state index contributed by atoms with van der Waals surface area (Å²) in [5.74, 6) is 0.961. The van der Waals surface area contributed by atoms with E-state index in [1.54, 1.807) is 11.8 Å². The molecule has 3 aromatic rings. The first-order chi connectivity index (χ1) is 14.5. The highest BCUT2D eigenvalue weighted by Gasteiger charge is 2.22. The van der Waals surface area contributed by atoms with Gasteiger partial charge in [0.05, 0.1) is 0 Å². The van der Waals surface area contributed by atoms with Crippen LogP contribution in [0.15, 0.2) is 47.0 Å². The number of anilines is 1. The van der Waals surface area contributed by atoms with Gasteiger partial charge in [0.25, 0.3) is 0 Å². The van der Waals surface area contributed by atoms with Gasteiger partial charge in [0.1, 0.15) is 0 Å². The van der Waals surface area contributed by atoms with E-state index < -0.39 is 0 Å². The molecule has 2 amide bonds. The summed E-state index contributed by atoms with van der Waals surface area (Å²) in [6.45, 7) is 4.77. The Kier molecular flexibility index (Phi) is 5.61. The number of carbonyl (C=O) groups is 2. The van der Waals surface area contributed by atoms with Gasteiger partial charge in [0, 0.05) is 44.1 Å². The minimum Gasteiger partial charge on any atom is -0.352 e. The molecule has 1 N–H and O–H groups in total. The van der Waals surface area contributed by atoms with Gasteiger partial charge < -0.3 is 14.7 Å². The van der Waals surface area contributed by atoms with Crippen LogP contribution in [0.1, 0.15) is 35.9 Å². The van der Waals surface area contributed by atoms with E-state index in [0.717, 1.165) is 35.3 Å². The van der Waals surface area contributed by atoms with Crippen molar-refractivity contribution in [2.75, 3.05) is 11.4 Å². The van der Waals surface area contributed by atoms with Gasteiger partial charge in [0.15, 0.2) is 0 Å². The number of aromatic nitrogens is 2. The van der Waals surface area contributed by atoms with E-state index in [1.165, 1.54) is 5.56 Å². The maximum Gasteiger partial charge on any atom is 0.227 e. The molecular weight excluding hydrogens is 380 g/mol. The molecular formula is C23H24N4O3. The standard InChI is InChI=1S/C23H24N4O3/c1-15-3-6-18(7-4-15)23-25-22(30-26-23)10-9-21(29)24-14-17-5-8-20-19(13-17)11-12-27(20)16(2)28/h3-8,13H,9-12,14H2,1-2H3,(H,24,29). The quantitative estimate of drug-likeness (QED) is 0.682. The van der Waals surface area contributed by atoms with Crippen molar-refractivity contribution < 1.29 is 14.1 Å². The molecule has 1 aromatic heterocycles. The predicted octanol–water partition coefficient (Wildman–Crippen LogP) is 3.20. The number of amides is 2. The van der Waals surface area contributed by atoms with E-state index in [4.69, 9.17) is 4.52 Å².